The molecule has 1 aliphatic heterocycles. The van der Waals surface area contributed by atoms with Gasteiger partial charge in [0.05, 0.1) is 11.5 Å². The Morgan fingerprint density at radius 3 is 2.38 bits per heavy atom. The number of hydrogen-bond acceptors (Lipinski definition) is 4. The summed E-state index contributed by atoms with van der Waals surface area (Å²) in [6.45, 7) is 5.99. The molecule has 1 unspecified atom stereocenters. The summed E-state index contributed by atoms with van der Waals surface area (Å²) in [6.07, 6.45) is 0.165. The fourth-order valence-corrected chi connectivity index (χ4v) is 4.82. The SMILES string of the molecule is CCN(C(=O)CC(=O)Nc1c(C)cccc1C)C1CCS(=O)(=O)C1. The van der Waals surface area contributed by atoms with E-state index in [0.717, 1.165) is 16.8 Å². The average molecular weight is 352 g/mol. The minimum atomic E-state index is -3.07. The van der Waals surface area contributed by atoms with Crippen molar-refractivity contribution in [3.05, 3.63) is 29.3 Å². The number of carbonyl (C=O) groups is 2. The fraction of sp³-hybridized carbons (Fsp3) is 0.529. The highest BCUT2D eigenvalue weighted by Gasteiger charge is 2.34. The third kappa shape index (κ3) is 4.35. The molecule has 1 fully saturated rings. The Bertz CT molecular complexity index is 723. The van der Waals surface area contributed by atoms with E-state index in [1.165, 1.54) is 4.90 Å². The van der Waals surface area contributed by atoms with Gasteiger partial charge in [-0.3, -0.25) is 9.59 Å². The van der Waals surface area contributed by atoms with E-state index in [0.29, 0.717) is 13.0 Å². The van der Waals surface area contributed by atoms with Crippen LogP contribution in [0.15, 0.2) is 18.2 Å². The van der Waals surface area contributed by atoms with Crippen LogP contribution in [0.2, 0.25) is 0 Å². The molecule has 2 amide bonds. The highest BCUT2D eigenvalue weighted by molar-refractivity contribution is 7.91. The summed E-state index contributed by atoms with van der Waals surface area (Å²) >= 11 is 0. The zero-order chi connectivity index (χ0) is 17.9. The van der Waals surface area contributed by atoms with Gasteiger partial charge in [0.25, 0.3) is 0 Å². The lowest BCUT2D eigenvalue weighted by molar-refractivity contribution is -0.135. The standard InChI is InChI=1S/C17H24N2O4S/c1-4-19(14-8-9-24(22,23)11-14)16(21)10-15(20)18-17-12(2)6-5-7-13(17)3/h5-7,14H,4,8-11H2,1-3H3,(H,18,20). The molecule has 0 aliphatic carbocycles. The number of nitrogens with one attached hydrogen (secondary N) is 1. The molecular weight excluding hydrogens is 328 g/mol. The number of sulfone groups is 1. The van der Waals surface area contributed by atoms with Crippen LogP contribution >= 0.6 is 0 Å². The lowest BCUT2D eigenvalue weighted by Gasteiger charge is -2.26. The van der Waals surface area contributed by atoms with Crippen molar-refractivity contribution in [3.63, 3.8) is 0 Å². The van der Waals surface area contributed by atoms with Gasteiger partial charge in [0.15, 0.2) is 9.84 Å². The van der Waals surface area contributed by atoms with E-state index in [1.807, 2.05) is 32.0 Å². The Morgan fingerprint density at radius 2 is 1.88 bits per heavy atom. The van der Waals surface area contributed by atoms with E-state index in [1.54, 1.807) is 6.92 Å². The molecule has 1 aliphatic rings. The molecule has 1 aromatic carbocycles. The molecule has 7 heteroatoms. The maximum atomic E-state index is 12.4. The second kappa shape index (κ2) is 7.34. The first-order valence-electron chi connectivity index (χ1n) is 8.09. The van der Waals surface area contributed by atoms with Gasteiger partial charge in [-0.25, -0.2) is 8.42 Å². The van der Waals surface area contributed by atoms with Crippen LogP contribution in [0, 0.1) is 13.8 Å². The second-order valence-electron chi connectivity index (χ2n) is 6.23. The number of carbonyl (C=O) groups excluding carboxylic acids is 2. The Hall–Kier alpha value is -1.89. The highest BCUT2D eigenvalue weighted by atomic mass is 32.2. The molecule has 24 heavy (non-hydrogen) atoms. The number of aryl methyl sites for hydroxylation is 2. The Morgan fingerprint density at radius 1 is 1.25 bits per heavy atom. The molecule has 0 radical (unpaired) electrons. The largest absolute Gasteiger partial charge is 0.338 e. The van der Waals surface area contributed by atoms with Crippen molar-refractivity contribution in [2.24, 2.45) is 0 Å². The van der Waals surface area contributed by atoms with E-state index in [2.05, 4.69) is 5.32 Å². The zero-order valence-corrected chi connectivity index (χ0v) is 15.1. The Kier molecular flexibility index (Phi) is 5.64. The third-order valence-corrected chi connectivity index (χ3v) is 6.12. The number of nitrogens with zero attached hydrogens (tertiary/aromatic N) is 1. The summed E-state index contributed by atoms with van der Waals surface area (Å²) in [6, 6.07) is 5.38. The van der Waals surface area contributed by atoms with Crippen LogP contribution in [0.5, 0.6) is 0 Å². The normalized spacial score (nSPS) is 19.0. The van der Waals surface area contributed by atoms with Gasteiger partial charge in [0, 0.05) is 18.3 Å². The van der Waals surface area contributed by atoms with E-state index in [4.69, 9.17) is 0 Å². The number of amides is 2. The van der Waals surface area contributed by atoms with Crippen molar-refractivity contribution >= 4 is 27.3 Å². The van der Waals surface area contributed by atoms with Gasteiger partial charge < -0.3 is 10.2 Å². The summed E-state index contributed by atoms with van der Waals surface area (Å²) in [4.78, 5) is 26.1. The molecule has 6 nitrogen and oxygen atoms in total. The van der Waals surface area contributed by atoms with Crippen LogP contribution in [0.4, 0.5) is 5.69 Å². The van der Waals surface area contributed by atoms with Crippen LogP contribution in [0.1, 0.15) is 30.9 Å². The maximum Gasteiger partial charge on any atom is 0.233 e. The summed E-state index contributed by atoms with van der Waals surface area (Å²) < 4.78 is 23.2. The van der Waals surface area contributed by atoms with Crippen molar-refractivity contribution in [2.45, 2.75) is 39.7 Å². The first kappa shape index (κ1) is 18.4. The molecule has 1 aromatic rings. The minimum Gasteiger partial charge on any atom is -0.338 e. The summed E-state index contributed by atoms with van der Waals surface area (Å²) in [5.74, 6) is -0.610. The monoisotopic (exact) mass is 352 g/mol. The number of anilines is 1. The molecule has 0 bridgehead atoms. The molecular formula is C17H24N2O4S. The molecule has 132 valence electrons. The van der Waals surface area contributed by atoms with Gasteiger partial charge in [-0.1, -0.05) is 18.2 Å². The molecule has 0 aromatic heterocycles. The van der Waals surface area contributed by atoms with Crippen LogP contribution in [0.25, 0.3) is 0 Å². The Balaban J connectivity index is 2.01. The quantitative estimate of drug-likeness (QED) is 0.817. The molecule has 0 saturated carbocycles. The van der Waals surface area contributed by atoms with Crippen molar-refractivity contribution in [3.8, 4) is 0 Å². The van der Waals surface area contributed by atoms with Crippen LogP contribution in [0.3, 0.4) is 0 Å². The van der Waals surface area contributed by atoms with Crippen molar-refractivity contribution in [1.82, 2.24) is 4.90 Å². The van der Waals surface area contributed by atoms with Gasteiger partial charge in [0.1, 0.15) is 6.42 Å². The molecule has 0 spiro atoms. The lowest BCUT2D eigenvalue weighted by atomic mass is 10.1. The van der Waals surface area contributed by atoms with Crippen LogP contribution in [-0.4, -0.2) is 49.2 Å². The van der Waals surface area contributed by atoms with E-state index in [9.17, 15) is 18.0 Å². The molecule has 1 atom stereocenters. The van der Waals surface area contributed by atoms with Crippen LogP contribution < -0.4 is 5.32 Å². The molecule has 1 N–H and O–H groups in total. The van der Waals surface area contributed by atoms with Crippen molar-refractivity contribution in [1.29, 1.82) is 0 Å². The smallest absolute Gasteiger partial charge is 0.233 e. The molecule has 1 heterocycles. The third-order valence-electron chi connectivity index (χ3n) is 4.37. The topological polar surface area (TPSA) is 83.6 Å². The van der Waals surface area contributed by atoms with E-state index < -0.39 is 9.84 Å². The summed E-state index contributed by atoms with van der Waals surface area (Å²) in [5.41, 5.74) is 2.59. The fourth-order valence-electron chi connectivity index (χ4n) is 3.09. The zero-order valence-electron chi connectivity index (χ0n) is 14.3. The summed E-state index contributed by atoms with van der Waals surface area (Å²) in [5, 5.41) is 2.79. The maximum absolute atomic E-state index is 12.4. The molecule has 1 saturated heterocycles. The van der Waals surface area contributed by atoms with Gasteiger partial charge in [-0.2, -0.15) is 0 Å². The predicted molar refractivity (Wildman–Crippen MR) is 93.6 cm³/mol. The van der Waals surface area contributed by atoms with Gasteiger partial charge in [-0.05, 0) is 38.3 Å². The minimum absolute atomic E-state index is 0.00883. The second-order valence-corrected chi connectivity index (χ2v) is 8.46. The number of hydrogen-bond donors (Lipinski definition) is 1. The predicted octanol–water partition coefficient (Wildman–Crippen LogP) is 1.67. The Labute approximate surface area is 143 Å². The van der Waals surface area contributed by atoms with Gasteiger partial charge in [0.2, 0.25) is 11.8 Å². The van der Waals surface area contributed by atoms with E-state index in [-0.39, 0.29) is 35.8 Å². The average Bonchev–Trinajstić information content (AvgIpc) is 2.84. The summed E-state index contributed by atoms with van der Waals surface area (Å²) in [7, 11) is -3.07. The lowest BCUT2D eigenvalue weighted by Crippen LogP contribution is -2.42. The molecule has 2 rings (SSSR count). The van der Waals surface area contributed by atoms with Gasteiger partial charge in [-0.15, -0.1) is 0 Å². The van der Waals surface area contributed by atoms with Crippen molar-refractivity contribution in [2.75, 3.05) is 23.4 Å². The highest BCUT2D eigenvalue weighted by Crippen LogP contribution is 2.21. The number of para-hydroxylation sites is 1. The van der Waals surface area contributed by atoms with E-state index >= 15 is 0 Å². The number of benzene rings is 1. The van der Waals surface area contributed by atoms with Crippen LogP contribution in [-0.2, 0) is 19.4 Å². The first-order valence-corrected chi connectivity index (χ1v) is 9.91. The van der Waals surface area contributed by atoms with Crippen molar-refractivity contribution < 1.29 is 18.0 Å². The first-order chi connectivity index (χ1) is 11.2. The number of rotatable bonds is 5. The van der Waals surface area contributed by atoms with Gasteiger partial charge >= 0.3 is 0 Å².